The van der Waals surface area contributed by atoms with Gasteiger partial charge in [0.1, 0.15) is 0 Å². The Morgan fingerprint density at radius 1 is 1.33 bits per heavy atom. The molecule has 8 heteroatoms. The summed E-state index contributed by atoms with van der Waals surface area (Å²) in [5, 5.41) is 8.62. The minimum Gasteiger partial charge on any atom is -0.459 e. The number of halogens is 1. The molecule has 2 heterocycles. The molecule has 0 saturated carbocycles. The first-order valence-electron chi connectivity index (χ1n) is 6.65. The summed E-state index contributed by atoms with van der Waals surface area (Å²) >= 11 is 0. The fraction of sp³-hybridized carbons (Fsp3) is 0.538. The third kappa shape index (κ3) is 6.16. The molecule has 1 atom stereocenters. The van der Waals surface area contributed by atoms with E-state index in [1.807, 2.05) is 0 Å². The largest absolute Gasteiger partial charge is 0.459 e. The van der Waals surface area contributed by atoms with E-state index in [9.17, 15) is 9.59 Å². The van der Waals surface area contributed by atoms with Gasteiger partial charge in [0.05, 0.1) is 19.5 Å². The van der Waals surface area contributed by atoms with Crippen LogP contribution in [0.1, 0.15) is 17.0 Å². The number of nitrogens with one attached hydrogen (secondary N) is 3. The van der Waals surface area contributed by atoms with Gasteiger partial charge in [-0.15, -0.1) is 12.4 Å². The molecule has 1 aliphatic heterocycles. The molecule has 1 aromatic heterocycles. The molecule has 1 unspecified atom stereocenters. The highest BCUT2D eigenvalue weighted by molar-refractivity contribution is 5.91. The molecule has 0 bridgehead atoms. The number of furan rings is 1. The Bertz CT molecular complexity index is 433. The highest BCUT2D eigenvalue weighted by Gasteiger charge is 2.16. The van der Waals surface area contributed by atoms with E-state index < -0.39 is 0 Å². The number of amides is 2. The number of carbonyl (C=O) groups excluding carboxylic acids is 2. The maximum atomic E-state index is 11.6. The molecule has 1 saturated heterocycles. The van der Waals surface area contributed by atoms with Crippen molar-refractivity contribution in [1.82, 2.24) is 16.0 Å². The van der Waals surface area contributed by atoms with Gasteiger partial charge >= 0.3 is 0 Å². The van der Waals surface area contributed by atoms with Gasteiger partial charge in [0, 0.05) is 32.1 Å². The molecule has 3 N–H and O–H groups in total. The lowest BCUT2D eigenvalue weighted by molar-refractivity contribution is -0.122. The number of hydrogen-bond donors (Lipinski definition) is 3. The van der Waals surface area contributed by atoms with Crippen LogP contribution in [0, 0.1) is 0 Å². The SMILES string of the molecule is Cl.O=C(CC1COCCN1)NCCNC(=O)c1ccco1. The van der Waals surface area contributed by atoms with Gasteiger partial charge in [-0.1, -0.05) is 0 Å². The van der Waals surface area contributed by atoms with Crippen LogP contribution in [-0.4, -0.2) is 50.7 Å². The van der Waals surface area contributed by atoms with Crippen LogP contribution < -0.4 is 16.0 Å². The molecule has 0 aliphatic carbocycles. The van der Waals surface area contributed by atoms with Crippen molar-refractivity contribution in [1.29, 1.82) is 0 Å². The molecule has 2 amide bonds. The number of hydrogen-bond acceptors (Lipinski definition) is 5. The zero-order valence-corrected chi connectivity index (χ0v) is 12.4. The highest BCUT2D eigenvalue weighted by Crippen LogP contribution is 1.99. The van der Waals surface area contributed by atoms with E-state index in [-0.39, 0.29) is 36.0 Å². The predicted molar refractivity (Wildman–Crippen MR) is 78.5 cm³/mol. The minimum absolute atomic E-state index is 0. The zero-order chi connectivity index (χ0) is 14.2. The van der Waals surface area contributed by atoms with Crippen molar-refractivity contribution in [2.24, 2.45) is 0 Å². The quantitative estimate of drug-likeness (QED) is 0.639. The van der Waals surface area contributed by atoms with Crippen LogP contribution in [0.25, 0.3) is 0 Å². The van der Waals surface area contributed by atoms with Gasteiger partial charge in [-0.05, 0) is 12.1 Å². The molecule has 1 aromatic rings. The smallest absolute Gasteiger partial charge is 0.287 e. The summed E-state index contributed by atoms with van der Waals surface area (Å²) in [6, 6.07) is 3.31. The van der Waals surface area contributed by atoms with Crippen LogP contribution in [0.2, 0.25) is 0 Å². The highest BCUT2D eigenvalue weighted by atomic mass is 35.5. The van der Waals surface area contributed by atoms with Gasteiger partial charge < -0.3 is 25.1 Å². The van der Waals surface area contributed by atoms with Crippen molar-refractivity contribution in [3.05, 3.63) is 24.2 Å². The third-order valence-corrected chi connectivity index (χ3v) is 2.91. The Hall–Kier alpha value is -1.57. The molecule has 118 valence electrons. The predicted octanol–water partition coefficient (Wildman–Crippen LogP) is -0.0741. The van der Waals surface area contributed by atoms with Crippen LogP contribution in [-0.2, 0) is 9.53 Å². The third-order valence-electron chi connectivity index (χ3n) is 2.91. The Morgan fingerprint density at radius 3 is 2.81 bits per heavy atom. The summed E-state index contributed by atoms with van der Waals surface area (Å²) in [5.74, 6) is -0.0771. The van der Waals surface area contributed by atoms with Gasteiger partial charge in [0.15, 0.2) is 5.76 Å². The summed E-state index contributed by atoms with van der Waals surface area (Å²) in [5.41, 5.74) is 0. The van der Waals surface area contributed by atoms with Crippen molar-refractivity contribution in [2.75, 3.05) is 32.8 Å². The zero-order valence-electron chi connectivity index (χ0n) is 11.6. The van der Waals surface area contributed by atoms with E-state index in [0.717, 1.165) is 6.54 Å². The summed E-state index contributed by atoms with van der Waals surface area (Å²) in [6.45, 7) is 2.77. The first-order valence-corrected chi connectivity index (χ1v) is 6.65. The molecule has 1 aliphatic rings. The molecule has 0 aromatic carbocycles. The second-order valence-corrected chi connectivity index (χ2v) is 4.51. The van der Waals surface area contributed by atoms with Crippen molar-refractivity contribution in [2.45, 2.75) is 12.5 Å². The maximum absolute atomic E-state index is 11.6. The summed E-state index contributed by atoms with van der Waals surface area (Å²) in [7, 11) is 0. The molecule has 1 fully saturated rings. The van der Waals surface area contributed by atoms with Crippen LogP contribution in [0.15, 0.2) is 22.8 Å². The fourth-order valence-electron chi connectivity index (χ4n) is 1.92. The average Bonchev–Trinajstić information content (AvgIpc) is 2.99. The maximum Gasteiger partial charge on any atom is 0.287 e. The summed E-state index contributed by atoms with van der Waals surface area (Å²) in [4.78, 5) is 23.2. The summed E-state index contributed by atoms with van der Waals surface area (Å²) in [6.07, 6.45) is 1.82. The van der Waals surface area contributed by atoms with Crippen LogP contribution in [0.4, 0.5) is 0 Å². The van der Waals surface area contributed by atoms with Gasteiger partial charge in [0.2, 0.25) is 5.91 Å². The molecule has 21 heavy (non-hydrogen) atoms. The van der Waals surface area contributed by atoms with Crippen LogP contribution >= 0.6 is 12.4 Å². The van der Waals surface area contributed by atoms with Crippen molar-refractivity contribution >= 4 is 24.2 Å². The van der Waals surface area contributed by atoms with E-state index in [1.165, 1.54) is 6.26 Å². The van der Waals surface area contributed by atoms with Gasteiger partial charge in [-0.2, -0.15) is 0 Å². The Morgan fingerprint density at radius 2 is 2.14 bits per heavy atom. The Labute approximate surface area is 129 Å². The number of carbonyl (C=O) groups is 2. The van der Waals surface area contributed by atoms with Crippen molar-refractivity contribution in [3.63, 3.8) is 0 Å². The van der Waals surface area contributed by atoms with E-state index in [2.05, 4.69) is 16.0 Å². The van der Waals surface area contributed by atoms with Crippen molar-refractivity contribution in [3.8, 4) is 0 Å². The fourth-order valence-corrected chi connectivity index (χ4v) is 1.92. The molecule has 7 nitrogen and oxygen atoms in total. The second kappa shape index (κ2) is 9.38. The van der Waals surface area contributed by atoms with E-state index >= 15 is 0 Å². The standard InChI is InChI=1S/C13H19N3O4.ClH/c17-12(8-10-9-19-7-5-14-10)15-3-4-16-13(18)11-2-1-6-20-11;/h1-2,6,10,14H,3-5,7-9H2,(H,15,17)(H,16,18);1H. The molecule has 2 rings (SSSR count). The topological polar surface area (TPSA) is 92.6 Å². The van der Waals surface area contributed by atoms with Crippen LogP contribution in [0.3, 0.4) is 0 Å². The monoisotopic (exact) mass is 317 g/mol. The summed E-state index contributed by atoms with van der Waals surface area (Å²) < 4.78 is 10.2. The lowest BCUT2D eigenvalue weighted by Crippen LogP contribution is -2.45. The second-order valence-electron chi connectivity index (χ2n) is 4.51. The van der Waals surface area contributed by atoms with E-state index in [4.69, 9.17) is 9.15 Å². The molecular formula is C13H20ClN3O4. The Kier molecular flexibility index (Phi) is 7.81. The van der Waals surface area contributed by atoms with Gasteiger partial charge in [0.25, 0.3) is 5.91 Å². The van der Waals surface area contributed by atoms with Crippen molar-refractivity contribution < 1.29 is 18.7 Å². The lowest BCUT2D eigenvalue weighted by atomic mass is 10.2. The number of rotatable bonds is 6. The minimum atomic E-state index is -0.286. The number of morpholine rings is 1. The van der Waals surface area contributed by atoms with E-state index in [1.54, 1.807) is 12.1 Å². The van der Waals surface area contributed by atoms with E-state index in [0.29, 0.717) is 32.7 Å². The lowest BCUT2D eigenvalue weighted by Gasteiger charge is -2.23. The Balaban J connectivity index is 0.00000220. The van der Waals surface area contributed by atoms with Gasteiger partial charge in [-0.25, -0.2) is 0 Å². The molecule has 0 spiro atoms. The first-order chi connectivity index (χ1) is 9.75. The normalized spacial score (nSPS) is 17.6. The van der Waals surface area contributed by atoms with Gasteiger partial charge in [-0.3, -0.25) is 9.59 Å². The average molecular weight is 318 g/mol. The first kappa shape index (κ1) is 17.5. The number of ether oxygens (including phenoxy) is 1. The molecule has 0 radical (unpaired) electrons. The molecular weight excluding hydrogens is 298 g/mol. The van der Waals surface area contributed by atoms with Crippen LogP contribution in [0.5, 0.6) is 0 Å².